The van der Waals surface area contributed by atoms with Gasteiger partial charge in [0.1, 0.15) is 42.9 Å². The second-order valence-electron chi connectivity index (χ2n) is 6.77. The highest BCUT2D eigenvalue weighted by Crippen LogP contribution is 2.39. The second-order valence-corrected chi connectivity index (χ2v) is 6.77. The molecule has 2 N–H and O–H groups in total. The van der Waals surface area contributed by atoms with Crippen LogP contribution in [0.1, 0.15) is 23.6 Å². The molecule has 8 heteroatoms. The maximum atomic E-state index is 11.0. The summed E-state index contributed by atoms with van der Waals surface area (Å²) in [6.45, 7) is 1.90. The molecule has 3 aromatic rings. The zero-order valence-corrected chi connectivity index (χ0v) is 15.2. The van der Waals surface area contributed by atoms with Crippen LogP contribution in [0.15, 0.2) is 53.7 Å². The molecule has 4 nitrogen and oxygen atoms in total. The molecular weight excluding hydrogens is 345 g/mol. The molecule has 3 aromatic carbocycles. The van der Waals surface area contributed by atoms with Crippen LogP contribution in [0.4, 0.5) is 5.69 Å². The summed E-state index contributed by atoms with van der Waals surface area (Å²) in [5.41, 5.74) is 1.71. The summed E-state index contributed by atoms with van der Waals surface area (Å²) in [7, 11) is 23.8. The van der Waals surface area contributed by atoms with E-state index in [1.54, 1.807) is 48.5 Å². The molecule has 3 rings (SSSR count). The molecule has 0 saturated heterocycles. The number of phenols is 2. The standard InChI is InChI=1S/C20H13B4NO3/c1-20(10-2-4-13(26)5-3-10,12-8-16(23)19(27)17(24)9-12)11-6-14(21)18(25-28)15(22)7-11/h2-9,26-27H,1H3/t20-/m1/s1. The number of nitrogens with zero attached hydrogens (tertiary/aromatic N) is 1. The largest absolute Gasteiger partial charge is 0.509 e. The fourth-order valence-electron chi connectivity index (χ4n) is 3.34. The zero-order chi connectivity index (χ0) is 20.6. The second kappa shape index (κ2) is 7.27. The van der Waals surface area contributed by atoms with Crippen LogP contribution in [0.2, 0.25) is 0 Å². The van der Waals surface area contributed by atoms with Crippen LogP contribution in [-0.2, 0) is 5.41 Å². The van der Waals surface area contributed by atoms with Crippen LogP contribution in [0.25, 0.3) is 0 Å². The lowest BCUT2D eigenvalue weighted by Crippen LogP contribution is -2.32. The Hall–Kier alpha value is -2.88. The quantitative estimate of drug-likeness (QED) is 0.393. The van der Waals surface area contributed by atoms with E-state index in [1.807, 2.05) is 6.92 Å². The molecule has 28 heavy (non-hydrogen) atoms. The first-order chi connectivity index (χ1) is 13.2. The molecule has 0 aromatic heterocycles. The van der Waals surface area contributed by atoms with Gasteiger partial charge in [-0.05, 0) is 40.9 Å². The SMILES string of the molecule is [B]c1cc([C@](C)(c2ccc(O)cc2)c2cc([B])c(N=O)c([B])c2)cc([B])c1O. The predicted octanol–water partition coefficient (Wildman–Crippen LogP) is 0.0252. The molecule has 0 fully saturated rings. The normalized spacial score (nSPS) is 13.0. The van der Waals surface area contributed by atoms with E-state index in [-0.39, 0.29) is 39.0 Å². The van der Waals surface area contributed by atoms with Gasteiger partial charge in [-0.3, -0.25) is 0 Å². The van der Waals surface area contributed by atoms with E-state index in [0.29, 0.717) is 11.1 Å². The topological polar surface area (TPSA) is 69.9 Å². The summed E-state index contributed by atoms with van der Waals surface area (Å²) in [5.74, 6) is -0.0910. The molecule has 128 valence electrons. The molecule has 0 aliphatic rings. The molecule has 0 heterocycles. The molecule has 0 unspecified atom stereocenters. The van der Waals surface area contributed by atoms with Crippen molar-refractivity contribution in [2.75, 3.05) is 0 Å². The highest BCUT2D eigenvalue weighted by atomic mass is 16.3. The first kappa shape index (κ1) is 19.9. The average Bonchev–Trinajstić information content (AvgIpc) is 2.65. The van der Waals surface area contributed by atoms with Crippen molar-refractivity contribution in [3.63, 3.8) is 0 Å². The zero-order valence-electron chi connectivity index (χ0n) is 15.2. The Bertz CT molecular complexity index is 1020. The summed E-state index contributed by atoms with van der Waals surface area (Å²) in [4.78, 5) is 11.0. The van der Waals surface area contributed by atoms with Crippen molar-refractivity contribution < 1.29 is 10.2 Å². The van der Waals surface area contributed by atoms with E-state index in [1.165, 1.54) is 0 Å². The van der Waals surface area contributed by atoms with E-state index >= 15 is 0 Å². The van der Waals surface area contributed by atoms with Crippen molar-refractivity contribution in [3.05, 3.63) is 70.1 Å². The predicted molar refractivity (Wildman–Crippen MR) is 115 cm³/mol. The fourth-order valence-corrected chi connectivity index (χ4v) is 3.34. The lowest BCUT2D eigenvalue weighted by atomic mass is 9.66. The van der Waals surface area contributed by atoms with Gasteiger partial charge in [-0.25, -0.2) is 0 Å². The number of benzene rings is 3. The molecule has 0 spiro atoms. The van der Waals surface area contributed by atoms with Gasteiger partial charge in [-0.2, -0.15) is 0 Å². The average molecular weight is 359 g/mol. The molecule has 0 saturated carbocycles. The van der Waals surface area contributed by atoms with Gasteiger partial charge in [0.2, 0.25) is 0 Å². The molecule has 0 bridgehead atoms. The summed E-state index contributed by atoms with van der Waals surface area (Å²) >= 11 is 0. The van der Waals surface area contributed by atoms with Crippen LogP contribution in [-0.4, -0.2) is 41.6 Å². The van der Waals surface area contributed by atoms with Gasteiger partial charge < -0.3 is 10.2 Å². The summed E-state index contributed by atoms with van der Waals surface area (Å²) < 4.78 is 0. The van der Waals surface area contributed by atoms with Crippen LogP contribution in [0.3, 0.4) is 0 Å². The van der Waals surface area contributed by atoms with Gasteiger partial charge >= 0.3 is 0 Å². The minimum absolute atomic E-state index is 0.0264. The van der Waals surface area contributed by atoms with E-state index in [4.69, 9.17) is 31.4 Å². The smallest absolute Gasteiger partial charge is 0.118 e. The highest BCUT2D eigenvalue weighted by molar-refractivity contribution is 6.43. The maximum Gasteiger partial charge on any atom is 0.118 e. The Balaban J connectivity index is 2.36. The molecule has 0 aliphatic heterocycles. The Morgan fingerprint density at radius 3 is 1.61 bits per heavy atom. The van der Waals surface area contributed by atoms with E-state index < -0.39 is 5.41 Å². The van der Waals surface area contributed by atoms with Gasteiger partial charge in [0.15, 0.2) is 0 Å². The summed E-state index contributed by atoms with van der Waals surface area (Å²) in [6.07, 6.45) is 0. The van der Waals surface area contributed by atoms with Crippen molar-refractivity contribution in [2.45, 2.75) is 12.3 Å². The fraction of sp³-hybridized carbons (Fsp3) is 0.100. The lowest BCUT2D eigenvalue weighted by Gasteiger charge is -2.34. The molecule has 1 atom stereocenters. The Kier molecular flexibility index (Phi) is 5.16. The van der Waals surface area contributed by atoms with E-state index in [0.717, 1.165) is 5.56 Å². The van der Waals surface area contributed by atoms with Crippen LogP contribution in [0, 0.1) is 4.91 Å². The van der Waals surface area contributed by atoms with Gasteiger partial charge in [0.05, 0.1) is 5.69 Å². The molecule has 8 radical (unpaired) electrons. The van der Waals surface area contributed by atoms with Crippen LogP contribution in [0.5, 0.6) is 11.5 Å². The van der Waals surface area contributed by atoms with Crippen LogP contribution < -0.4 is 21.9 Å². The number of phenolic OH excluding ortho intramolecular Hbond substituents is 2. The van der Waals surface area contributed by atoms with Gasteiger partial charge in [0, 0.05) is 5.41 Å². The van der Waals surface area contributed by atoms with Gasteiger partial charge in [-0.15, -0.1) is 4.91 Å². The Labute approximate surface area is 168 Å². The van der Waals surface area contributed by atoms with Gasteiger partial charge in [-0.1, -0.05) is 58.2 Å². The monoisotopic (exact) mass is 359 g/mol. The third kappa shape index (κ3) is 3.24. The van der Waals surface area contributed by atoms with Crippen molar-refractivity contribution in [2.24, 2.45) is 5.18 Å². The van der Waals surface area contributed by atoms with Crippen molar-refractivity contribution in [1.82, 2.24) is 0 Å². The Morgan fingerprint density at radius 1 is 0.750 bits per heavy atom. The molecular formula is C20H13B4NO3. The molecule has 0 amide bonds. The number of nitroso groups, excluding NO2 is 1. The first-order valence-corrected chi connectivity index (χ1v) is 8.39. The Morgan fingerprint density at radius 2 is 1.18 bits per heavy atom. The van der Waals surface area contributed by atoms with Crippen molar-refractivity contribution in [1.29, 1.82) is 0 Å². The van der Waals surface area contributed by atoms with Crippen molar-refractivity contribution >= 4 is 58.9 Å². The first-order valence-electron chi connectivity index (χ1n) is 8.39. The van der Waals surface area contributed by atoms with E-state index in [9.17, 15) is 15.1 Å². The third-order valence-corrected chi connectivity index (χ3v) is 5.03. The summed E-state index contributed by atoms with van der Waals surface area (Å²) in [6, 6.07) is 13.0. The third-order valence-electron chi connectivity index (χ3n) is 5.03. The van der Waals surface area contributed by atoms with E-state index in [2.05, 4.69) is 5.18 Å². The number of hydrogen-bond donors (Lipinski definition) is 2. The highest BCUT2D eigenvalue weighted by Gasteiger charge is 2.32. The minimum atomic E-state index is -0.868. The van der Waals surface area contributed by atoms with Crippen LogP contribution >= 0.6 is 0 Å². The van der Waals surface area contributed by atoms with Gasteiger partial charge in [0.25, 0.3) is 0 Å². The van der Waals surface area contributed by atoms with Crippen molar-refractivity contribution in [3.8, 4) is 11.5 Å². The maximum absolute atomic E-state index is 11.0. The number of hydrogen-bond acceptors (Lipinski definition) is 4. The summed E-state index contributed by atoms with van der Waals surface area (Å²) in [5, 5.41) is 22.5. The number of aromatic hydroxyl groups is 2. The number of rotatable bonds is 4. The minimum Gasteiger partial charge on any atom is -0.509 e. The molecule has 0 aliphatic carbocycles. The lowest BCUT2D eigenvalue weighted by molar-refractivity contribution is 0.474.